The topological polar surface area (TPSA) is 58.2 Å². The molecule has 2 N–H and O–H groups in total. The Balaban J connectivity index is 1.72. The van der Waals surface area contributed by atoms with Gasteiger partial charge in [-0.25, -0.2) is 0 Å². The van der Waals surface area contributed by atoms with E-state index in [1.165, 1.54) is 0 Å². The Bertz CT molecular complexity index is 786. The van der Waals surface area contributed by atoms with Crippen LogP contribution in [-0.4, -0.2) is 18.4 Å². The van der Waals surface area contributed by atoms with Crippen LogP contribution in [0.3, 0.4) is 0 Å². The number of rotatable bonds is 7. The predicted molar refractivity (Wildman–Crippen MR) is 107 cm³/mol. The molecule has 4 nitrogen and oxygen atoms in total. The number of hydrogen-bond donors (Lipinski definition) is 2. The molecule has 0 aliphatic carbocycles. The molecule has 0 spiro atoms. The lowest BCUT2D eigenvalue weighted by Crippen LogP contribution is -2.33. The minimum Gasteiger partial charge on any atom is -0.347 e. The fraction of sp³-hybridized carbons (Fsp3) is 0.300. The second-order valence-corrected chi connectivity index (χ2v) is 7.01. The van der Waals surface area contributed by atoms with E-state index in [1.54, 1.807) is 12.1 Å². The average molecular weight is 393 g/mol. The maximum Gasteiger partial charge on any atom is 0.243 e. The van der Waals surface area contributed by atoms with E-state index in [2.05, 4.69) is 10.6 Å². The van der Waals surface area contributed by atoms with E-state index in [-0.39, 0.29) is 18.4 Å². The third-order valence-corrected chi connectivity index (χ3v) is 4.78. The SMILES string of the molecule is Cc1cccc(C)c1NC(=O)CNC(=O)CCCc1ccc(Cl)c(Cl)c1. The molecular weight excluding hydrogens is 371 g/mol. The van der Waals surface area contributed by atoms with Crippen LogP contribution in [0.15, 0.2) is 36.4 Å². The fourth-order valence-electron chi connectivity index (χ4n) is 2.61. The van der Waals surface area contributed by atoms with Gasteiger partial charge in [0, 0.05) is 12.1 Å². The summed E-state index contributed by atoms with van der Waals surface area (Å²) in [6.45, 7) is 3.83. The zero-order chi connectivity index (χ0) is 19.1. The van der Waals surface area contributed by atoms with E-state index in [1.807, 2.05) is 38.1 Å². The van der Waals surface area contributed by atoms with Crippen molar-refractivity contribution in [2.75, 3.05) is 11.9 Å². The lowest BCUT2D eigenvalue weighted by atomic mass is 10.1. The third kappa shape index (κ3) is 6.04. The van der Waals surface area contributed by atoms with Gasteiger partial charge in [0.2, 0.25) is 11.8 Å². The highest BCUT2D eigenvalue weighted by Gasteiger charge is 2.09. The maximum absolute atomic E-state index is 12.0. The summed E-state index contributed by atoms with van der Waals surface area (Å²) in [6.07, 6.45) is 1.73. The molecule has 0 saturated heterocycles. The molecule has 2 aromatic carbocycles. The molecule has 26 heavy (non-hydrogen) atoms. The van der Waals surface area contributed by atoms with E-state index < -0.39 is 0 Å². The molecule has 2 rings (SSSR count). The molecule has 0 radical (unpaired) electrons. The van der Waals surface area contributed by atoms with Gasteiger partial charge in [-0.1, -0.05) is 47.5 Å². The largest absolute Gasteiger partial charge is 0.347 e. The van der Waals surface area contributed by atoms with Crippen LogP contribution in [0, 0.1) is 13.8 Å². The Hall–Kier alpha value is -2.04. The number of carbonyl (C=O) groups excluding carboxylic acids is 2. The minimum absolute atomic E-state index is 0.0423. The predicted octanol–water partition coefficient (Wildman–Crippen LogP) is 4.69. The van der Waals surface area contributed by atoms with Crippen LogP contribution in [0.2, 0.25) is 10.0 Å². The minimum atomic E-state index is -0.236. The van der Waals surface area contributed by atoms with Gasteiger partial charge in [0.05, 0.1) is 16.6 Å². The highest BCUT2D eigenvalue weighted by molar-refractivity contribution is 6.42. The van der Waals surface area contributed by atoms with Crippen LogP contribution in [0.4, 0.5) is 5.69 Å². The van der Waals surface area contributed by atoms with Crippen LogP contribution in [0.5, 0.6) is 0 Å². The summed E-state index contributed by atoms with van der Waals surface area (Å²) in [5.74, 6) is -0.387. The van der Waals surface area contributed by atoms with Crippen molar-refractivity contribution in [1.29, 1.82) is 0 Å². The molecule has 0 atom stereocenters. The van der Waals surface area contributed by atoms with E-state index >= 15 is 0 Å². The van der Waals surface area contributed by atoms with E-state index in [9.17, 15) is 9.59 Å². The summed E-state index contributed by atoms with van der Waals surface area (Å²) in [6, 6.07) is 11.3. The van der Waals surface area contributed by atoms with E-state index in [4.69, 9.17) is 23.2 Å². The molecule has 0 unspecified atom stereocenters. The van der Waals surface area contributed by atoms with Crippen LogP contribution in [0.25, 0.3) is 0 Å². The Kier molecular flexibility index (Phi) is 7.49. The monoisotopic (exact) mass is 392 g/mol. The lowest BCUT2D eigenvalue weighted by Gasteiger charge is -2.12. The molecule has 6 heteroatoms. The van der Waals surface area contributed by atoms with Crippen molar-refractivity contribution in [2.45, 2.75) is 33.1 Å². The highest BCUT2D eigenvalue weighted by Crippen LogP contribution is 2.23. The number of carbonyl (C=O) groups is 2. The molecular formula is C20H22Cl2N2O2. The van der Waals surface area contributed by atoms with Crippen molar-refractivity contribution in [3.05, 3.63) is 63.1 Å². The van der Waals surface area contributed by atoms with Crippen LogP contribution in [-0.2, 0) is 16.0 Å². The first-order valence-electron chi connectivity index (χ1n) is 8.43. The zero-order valence-electron chi connectivity index (χ0n) is 14.9. The second kappa shape index (κ2) is 9.60. The highest BCUT2D eigenvalue weighted by atomic mass is 35.5. The molecule has 2 aromatic rings. The third-order valence-electron chi connectivity index (χ3n) is 4.04. The van der Waals surface area contributed by atoms with E-state index in [0.29, 0.717) is 22.9 Å². The quantitative estimate of drug-likeness (QED) is 0.717. The molecule has 0 aliphatic heterocycles. The van der Waals surface area contributed by atoms with Crippen molar-refractivity contribution >= 4 is 40.7 Å². The molecule has 2 amide bonds. The smallest absolute Gasteiger partial charge is 0.243 e. The van der Waals surface area contributed by atoms with Crippen molar-refractivity contribution < 1.29 is 9.59 Å². The van der Waals surface area contributed by atoms with Gasteiger partial charge in [-0.15, -0.1) is 0 Å². The van der Waals surface area contributed by atoms with Crippen LogP contribution in [0.1, 0.15) is 29.5 Å². The number of para-hydroxylation sites is 1. The van der Waals surface area contributed by atoms with Crippen molar-refractivity contribution in [3.63, 3.8) is 0 Å². The number of aryl methyl sites for hydroxylation is 3. The summed E-state index contributed by atoms with van der Waals surface area (Å²) in [7, 11) is 0. The van der Waals surface area contributed by atoms with Crippen LogP contribution >= 0.6 is 23.2 Å². The number of amides is 2. The fourth-order valence-corrected chi connectivity index (χ4v) is 2.93. The molecule has 0 aromatic heterocycles. The molecule has 138 valence electrons. The van der Waals surface area contributed by atoms with Crippen molar-refractivity contribution in [1.82, 2.24) is 5.32 Å². The van der Waals surface area contributed by atoms with Gasteiger partial charge in [0.25, 0.3) is 0 Å². The van der Waals surface area contributed by atoms with Gasteiger partial charge >= 0.3 is 0 Å². The average Bonchev–Trinajstić information content (AvgIpc) is 2.59. The number of hydrogen-bond acceptors (Lipinski definition) is 2. The van der Waals surface area contributed by atoms with Gasteiger partial charge < -0.3 is 10.6 Å². The molecule has 0 saturated carbocycles. The summed E-state index contributed by atoms with van der Waals surface area (Å²) in [5, 5.41) is 6.52. The summed E-state index contributed by atoms with van der Waals surface area (Å²) in [5.41, 5.74) is 3.81. The Morgan fingerprint density at radius 2 is 1.65 bits per heavy atom. The van der Waals surface area contributed by atoms with E-state index in [0.717, 1.165) is 28.8 Å². The number of nitrogens with one attached hydrogen (secondary N) is 2. The standard InChI is InChI=1S/C20H22Cl2N2O2/c1-13-5-3-6-14(2)20(13)24-19(26)12-23-18(25)8-4-7-15-9-10-16(21)17(22)11-15/h3,5-6,9-11H,4,7-8,12H2,1-2H3,(H,23,25)(H,24,26). The summed E-state index contributed by atoms with van der Waals surface area (Å²) < 4.78 is 0. The number of benzene rings is 2. The number of halogens is 2. The Morgan fingerprint density at radius 3 is 2.31 bits per heavy atom. The first-order valence-corrected chi connectivity index (χ1v) is 9.19. The Morgan fingerprint density at radius 1 is 0.962 bits per heavy atom. The van der Waals surface area contributed by atoms with Crippen molar-refractivity contribution in [2.24, 2.45) is 0 Å². The molecule has 0 bridgehead atoms. The van der Waals surface area contributed by atoms with Gasteiger partial charge in [0.1, 0.15) is 0 Å². The molecule has 0 fully saturated rings. The van der Waals surface area contributed by atoms with Gasteiger partial charge in [-0.05, 0) is 55.5 Å². The maximum atomic E-state index is 12.0. The van der Waals surface area contributed by atoms with Gasteiger partial charge in [0.15, 0.2) is 0 Å². The molecule has 0 heterocycles. The summed E-state index contributed by atoms with van der Waals surface area (Å²) >= 11 is 11.9. The molecule has 0 aliphatic rings. The first kappa shape index (κ1) is 20.3. The second-order valence-electron chi connectivity index (χ2n) is 6.19. The lowest BCUT2D eigenvalue weighted by molar-refractivity contribution is -0.124. The Labute approximate surface area is 163 Å². The number of anilines is 1. The van der Waals surface area contributed by atoms with Gasteiger partial charge in [-0.3, -0.25) is 9.59 Å². The van der Waals surface area contributed by atoms with Crippen LogP contribution < -0.4 is 10.6 Å². The normalized spacial score (nSPS) is 10.5. The first-order chi connectivity index (χ1) is 12.4. The van der Waals surface area contributed by atoms with Crippen molar-refractivity contribution in [3.8, 4) is 0 Å². The van der Waals surface area contributed by atoms with Gasteiger partial charge in [-0.2, -0.15) is 0 Å². The summed E-state index contributed by atoms with van der Waals surface area (Å²) in [4.78, 5) is 23.9. The zero-order valence-corrected chi connectivity index (χ0v) is 16.4.